The van der Waals surface area contributed by atoms with Crippen LogP contribution in [-0.4, -0.2) is 20.3 Å². The minimum Gasteiger partial charge on any atom is -0.342 e. The maximum Gasteiger partial charge on any atom is 0.213 e. The van der Waals surface area contributed by atoms with E-state index in [0.29, 0.717) is 22.2 Å². The summed E-state index contributed by atoms with van der Waals surface area (Å²) >= 11 is 0. The predicted octanol–water partition coefficient (Wildman–Crippen LogP) is 3.69. The van der Waals surface area contributed by atoms with E-state index in [2.05, 4.69) is 9.97 Å². The number of hydrogen-bond acceptors (Lipinski definition) is 3. The number of aromatic nitrogens is 3. The van der Waals surface area contributed by atoms with Crippen LogP contribution in [-0.2, 0) is 0 Å². The van der Waals surface area contributed by atoms with Crippen molar-refractivity contribution in [1.82, 2.24) is 14.5 Å². The molecule has 0 radical (unpaired) electrons. The monoisotopic (exact) mass is 297 g/mol. The number of fused-ring (bicyclic) bond motifs is 1. The maximum absolute atomic E-state index is 14.1. The molecule has 0 bridgehead atoms. The van der Waals surface area contributed by atoms with Gasteiger partial charge >= 0.3 is 0 Å². The average molecular weight is 297 g/mol. The molecule has 0 saturated carbocycles. The first kappa shape index (κ1) is 14.4. The topological polar surface area (TPSA) is 47.8 Å². The molecule has 0 N–H and O–H groups in total. The second-order valence-electron chi connectivity index (χ2n) is 5.61. The molecule has 0 unspecified atom stereocenters. The zero-order chi connectivity index (χ0) is 15.9. The molecule has 0 aliphatic carbocycles. The molecule has 0 saturated heterocycles. The van der Waals surface area contributed by atoms with Crippen molar-refractivity contribution in [2.24, 2.45) is 0 Å². The van der Waals surface area contributed by atoms with Crippen LogP contribution in [0.3, 0.4) is 0 Å². The Hall–Kier alpha value is -2.56. The molecule has 3 heterocycles. The molecule has 0 atom stereocenters. The van der Waals surface area contributed by atoms with Crippen molar-refractivity contribution in [1.29, 1.82) is 0 Å². The van der Waals surface area contributed by atoms with E-state index in [1.807, 2.05) is 26.8 Å². The van der Waals surface area contributed by atoms with Gasteiger partial charge < -0.3 is 4.57 Å². The van der Waals surface area contributed by atoms with Crippen LogP contribution < -0.4 is 0 Å². The van der Waals surface area contributed by atoms with Crippen molar-refractivity contribution in [3.8, 4) is 0 Å². The number of halogens is 1. The van der Waals surface area contributed by atoms with Crippen molar-refractivity contribution in [3.63, 3.8) is 0 Å². The highest BCUT2D eigenvalue weighted by Crippen LogP contribution is 2.27. The molecule has 4 nitrogen and oxygen atoms in total. The normalized spacial score (nSPS) is 11.3. The van der Waals surface area contributed by atoms with Crippen LogP contribution in [0.2, 0.25) is 0 Å². The third kappa shape index (κ3) is 2.28. The fourth-order valence-electron chi connectivity index (χ4n) is 2.55. The third-order valence-electron chi connectivity index (χ3n) is 3.64. The van der Waals surface area contributed by atoms with E-state index in [1.165, 1.54) is 12.4 Å². The van der Waals surface area contributed by atoms with E-state index < -0.39 is 5.82 Å². The first-order valence-electron chi connectivity index (χ1n) is 7.10. The second-order valence-corrected chi connectivity index (χ2v) is 5.61. The summed E-state index contributed by atoms with van der Waals surface area (Å²) < 4.78 is 15.9. The van der Waals surface area contributed by atoms with Gasteiger partial charge in [-0.1, -0.05) is 0 Å². The zero-order valence-electron chi connectivity index (χ0n) is 12.7. The standard InChI is InChI=1S/C17H16FN3O/c1-10(2)21-9-13(12-7-19-8-14(18)16(12)21)17(22)15-6-11(3)4-5-20-15/h4-10H,1-3H3. The number of nitrogens with zero attached hydrogens (tertiary/aromatic N) is 3. The molecule has 0 fully saturated rings. The first-order chi connectivity index (χ1) is 10.5. The van der Waals surface area contributed by atoms with Gasteiger partial charge in [-0.15, -0.1) is 0 Å². The molecule has 3 rings (SSSR count). The number of hydrogen-bond donors (Lipinski definition) is 0. The van der Waals surface area contributed by atoms with Gasteiger partial charge in [-0.25, -0.2) is 4.39 Å². The zero-order valence-corrected chi connectivity index (χ0v) is 12.7. The minimum atomic E-state index is -0.428. The van der Waals surface area contributed by atoms with Crippen LogP contribution in [0.25, 0.3) is 10.9 Å². The minimum absolute atomic E-state index is 0.0337. The quantitative estimate of drug-likeness (QED) is 0.693. The Bertz CT molecular complexity index is 867. The smallest absolute Gasteiger partial charge is 0.213 e. The Kier molecular flexibility index (Phi) is 3.48. The fraction of sp³-hybridized carbons (Fsp3) is 0.235. The van der Waals surface area contributed by atoms with Gasteiger partial charge in [0.2, 0.25) is 5.78 Å². The molecule has 0 aliphatic heterocycles. The molecule has 0 aliphatic rings. The van der Waals surface area contributed by atoms with E-state index >= 15 is 0 Å². The highest BCUT2D eigenvalue weighted by molar-refractivity contribution is 6.15. The third-order valence-corrected chi connectivity index (χ3v) is 3.64. The lowest BCUT2D eigenvalue weighted by atomic mass is 10.1. The lowest BCUT2D eigenvalue weighted by molar-refractivity contribution is 0.103. The van der Waals surface area contributed by atoms with Gasteiger partial charge in [0.15, 0.2) is 5.82 Å². The van der Waals surface area contributed by atoms with Gasteiger partial charge in [-0.05, 0) is 38.5 Å². The summed E-state index contributed by atoms with van der Waals surface area (Å²) in [6.07, 6.45) is 5.98. The SMILES string of the molecule is Cc1ccnc(C(=O)c2cn(C(C)C)c3c(F)cncc23)c1. The Balaban J connectivity index is 2.23. The van der Waals surface area contributed by atoms with Gasteiger partial charge in [0.1, 0.15) is 5.69 Å². The summed E-state index contributed by atoms with van der Waals surface area (Å²) in [6.45, 7) is 5.79. The summed E-state index contributed by atoms with van der Waals surface area (Å²) in [4.78, 5) is 20.7. The second kappa shape index (κ2) is 5.33. The molecule has 3 aromatic heterocycles. The van der Waals surface area contributed by atoms with Gasteiger partial charge in [0.25, 0.3) is 0 Å². The summed E-state index contributed by atoms with van der Waals surface area (Å²) in [7, 11) is 0. The Morgan fingerprint density at radius 2 is 2.09 bits per heavy atom. The van der Waals surface area contributed by atoms with Crippen molar-refractivity contribution in [2.45, 2.75) is 26.8 Å². The molecule has 5 heteroatoms. The number of aryl methyl sites for hydroxylation is 1. The molecule has 3 aromatic rings. The van der Waals surface area contributed by atoms with E-state index in [-0.39, 0.29) is 11.8 Å². The number of pyridine rings is 2. The first-order valence-corrected chi connectivity index (χ1v) is 7.10. The van der Waals surface area contributed by atoms with Gasteiger partial charge in [0.05, 0.1) is 17.3 Å². The number of ketones is 1. The van der Waals surface area contributed by atoms with Gasteiger partial charge in [-0.2, -0.15) is 0 Å². The van der Waals surface area contributed by atoms with E-state index in [0.717, 1.165) is 5.56 Å². The van der Waals surface area contributed by atoms with Crippen molar-refractivity contribution >= 4 is 16.7 Å². The number of rotatable bonds is 3. The molecule has 0 aromatic carbocycles. The van der Waals surface area contributed by atoms with Gasteiger partial charge in [-0.3, -0.25) is 14.8 Å². The lowest BCUT2D eigenvalue weighted by Crippen LogP contribution is -2.04. The van der Waals surface area contributed by atoms with Crippen LogP contribution in [0.5, 0.6) is 0 Å². The van der Waals surface area contributed by atoms with E-state index in [9.17, 15) is 9.18 Å². The molecule has 0 amide bonds. The fourth-order valence-corrected chi connectivity index (χ4v) is 2.55. The summed E-state index contributed by atoms with van der Waals surface area (Å²) in [5, 5.41) is 0.516. The van der Waals surface area contributed by atoms with Crippen LogP contribution in [0.4, 0.5) is 4.39 Å². The molecule has 22 heavy (non-hydrogen) atoms. The average Bonchev–Trinajstić information content (AvgIpc) is 2.88. The predicted molar refractivity (Wildman–Crippen MR) is 82.5 cm³/mol. The largest absolute Gasteiger partial charge is 0.342 e. The molecule has 112 valence electrons. The van der Waals surface area contributed by atoms with Crippen LogP contribution >= 0.6 is 0 Å². The van der Waals surface area contributed by atoms with Crippen LogP contribution in [0, 0.1) is 12.7 Å². The summed E-state index contributed by atoms with van der Waals surface area (Å²) in [5.74, 6) is -0.650. The van der Waals surface area contributed by atoms with Gasteiger partial charge in [0, 0.05) is 30.0 Å². The lowest BCUT2D eigenvalue weighted by Gasteiger charge is -2.08. The maximum atomic E-state index is 14.1. The number of carbonyl (C=O) groups is 1. The number of carbonyl (C=O) groups excluding carboxylic acids is 1. The Morgan fingerprint density at radius 1 is 1.32 bits per heavy atom. The van der Waals surface area contributed by atoms with E-state index in [4.69, 9.17) is 0 Å². The highest BCUT2D eigenvalue weighted by atomic mass is 19.1. The molecule has 0 spiro atoms. The Labute approximate surface area is 127 Å². The Morgan fingerprint density at radius 3 is 2.77 bits per heavy atom. The van der Waals surface area contributed by atoms with Crippen LogP contribution in [0.1, 0.15) is 41.5 Å². The van der Waals surface area contributed by atoms with Crippen molar-refractivity contribution in [3.05, 3.63) is 59.6 Å². The highest BCUT2D eigenvalue weighted by Gasteiger charge is 2.21. The molecular formula is C17H16FN3O. The molecular weight excluding hydrogens is 281 g/mol. The summed E-state index contributed by atoms with van der Waals surface area (Å²) in [5.41, 5.74) is 2.14. The van der Waals surface area contributed by atoms with Crippen LogP contribution in [0.15, 0.2) is 36.9 Å². The van der Waals surface area contributed by atoms with Crippen molar-refractivity contribution < 1.29 is 9.18 Å². The van der Waals surface area contributed by atoms with Crippen molar-refractivity contribution in [2.75, 3.05) is 0 Å². The summed E-state index contributed by atoms with van der Waals surface area (Å²) in [6, 6.07) is 3.59. The van der Waals surface area contributed by atoms with E-state index in [1.54, 1.807) is 23.0 Å².